The van der Waals surface area contributed by atoms with Gasteiger partial charge < -0.3 is 10.2 Å². The molecule has 2 aromatic carbocycles. The zero-order valence-corrected chi connectivity index (χ0v) is 19.3. The van der Waals surface area contributed by atoms with E-state index in [4.69, 9.17) is 11.6 Å². The minimum absolute atomic E-state index is 0.141. The molecule has 0 unspecified atom stereocenters. The van der Waals surface area contributed by atoms with Crippen molar-refractivity contribution in [1.29, 1.82) is 0 Å². The molecule has 0 spiro atoms. The number of ketones is 1. The number of aryl methyl sites for hydroxylation is 1. The highest BCUT2D eigenvalue weighted by atomic mass is 35.5. The van der Waals surface area contributed by atoms with Crippen LogP contribution in [0, 0.1) is 11.8 Å². The van der Waals surface area contributed by atoms with Crippen LogP contribution in [0.3, 0.4) is 0 Å². The second-order valence-corrected chi connectivity index (χ2v) is 9.97. The summed E-state index contributed by atoms with van der Waals surface area (Å²) in [6, 6.07) is 12.2. The van der Waals surface area contributed by atoms with Crippen LogP contribution in [0.25, 0.3) is 0 Å². The summed E-state index contributed by atoms with van der Waals surface area (Å²) in [4.78, 5) is 27.3. The highest BCUT2D eigenvalue weighted by Crippen LogP contribution is 2.39. The summed E-state index contributed by atoms with van der Waals surface area (Å²) in [5.74, 6) is 1.33. The van der Waals surface area contributed by atoms with Gasteiger partial charge in [0, 0.05) is 29.5 Å². The van der Waals surface area contributed by atoms with Gasteiger partial charge in [0.05, 0.1) is 5.69 Å². The highest BCUT2D eigenvalue weighted by Gasteiger charge is 2.33. The van der Waals surface area contributed by atoms with Crippen molar-refractivity contribution in [2.45, 2.75) is 51.4 Å². The van der Waals surface area contributed by atoms with Crippen molar-refractivity contribution < 1.29 is 9.59 Å². The topological polar surface area (TPSA) is 49.4 Å². The maximum atomic E-state index is 13.3. The zero-order valence-electron chi connectivity index (χ0n) is 18.5. The van der Waals surface area contributed by atoms with Crippen molar-refractivity contribution in [3.63, 3.8) is 0 Å². The Bertz CT molecular complexity index is 1030. The fraction of sp³-hybridized carbons (Fsp3) is 0.481. The molecule has 5 heteroatoms. The second kappa shape index (κ2) is 9.36. The van der Waals surface area contributed by atoms with E-state index in [9.17, 15) is 9.59 Å². The molecule has 2 aromatic rings. The van der Waals surface area contributed by atoms with Gasteiger partial charge in [0.2, 0.25) is 5.91 Å². The summed E-state index contributed by atoms with van der Waals surface area (Å²) in [6.45, 7) is 2.71. The monoisotopic (exact) mass is 450 g/mol. The van der Waals surface area contributed by atoms with Crippen molar-refractivity contribution in [3.8, 4) is 0 Å². The molecule has 2 heterocycles. The third kappa shape index (κ3) is 4.35. The Hall–Kier alpha value is -2.17. The van der Waals surface area contributed by atoms with Crippen LogP contribution in [0.1, 0.15) is 59.2 Å². The van der Waals surface area contributed by atoms with Crippen LogP contribution in [-0.2, 0) is 24.1 Å². The first-order valence-electron chi connectivity index (χ1n) is 12.0. The molecule has 1 aliphatic carbocycles. The van der Waals surface area contributed by atoms with Crippen molar-refractivity contribution in [1.82, 2.24) is 5.32 Å². The van der Waals surface area contributed by atoms with Crippen molar-refractivity contribution in [2.24, 2.45) is 11.8 Å². The van der Waals surface area contributed by atoms with Crippen LogP contribution in [0.2, 0.25) is 5.02 Å². The number of nitrogens with zero attached hydrogens (tertiary/aromatic N) is 1. The number of nitrogens with one attached hydrogen (secondary N) is 1. The van der Waals surface area contributed by atoms with Gasteiger partial charge in [0.1, 0.15) is 0 Å². The molecule has 1 fully saturated rings. The molecule has 0 radical (unpaired) electrons. The normalized spacial score (nSPS) is 22.2. The van der Waals surface area contributed by atoms with Gasteiger partial charge >= 0.3 is 0 Å². The number of hydrogen-bond acceptors (Lipinski definition) is 3. The van der Waals surface area contributed by atoms with Crippen molar-refractivity contribution in [3.05, 3.63) is 63.7 Å². The van der Waals surface area contributed by atoms with Crippen LogP contribution >= 0.6 is 11.6 Å². The fourth-order valence-electron chi connectivity index (χ4n) is 5.69. The number of carbonyl (C=O) groups is 2. The molecule has 4 nitrogen and oxygen atoms in total. The quantitative estimate of drug-likeness (QED) is 0.477. The standard InChI is InChI=1S/C27H31ClN2O2/c28-24-4-2-1-3-19(24)11-13-29-17-18-5-7-20(8-6-18)27(32)23-15-21-9-10-25(31)30-14-12-22(16-23)26(21)30/h1-4,15-16,18,20,29H,5-14,17H2/t18-,20-. The van der Waals surface area contributed by atoms with Gasteiger partial charge in [-0.25, -0.2) is 0 Å². The first-order valence-corrected chi connectivity index (χ1v) is 12.4. The molecule has 32 heavy (non-hydrogen) atoms. The van der Waals surface area contributed by atoms with Gasteiger partial charge in [-0.3, -0.25) is 9.59 Å². The summed E-state index contributed by atoms with van der Waals surface area (Å²) < 4.78 is 0. The van der Waals surface area contributed by atoms with E-state index in [2.05, 4.69) is 23.5 Å². The Morgan fingerprint density at radius 1 is 1.03 bits per heavy atom. The molecule has 0 aromatic heterocycles. The van der Waals surface area contributed by atoms with Crippen molar-refractivity contribution in [2.75, 3.05) is 24.5 Å². The molecule has 3 aliphatic rings. The summed E-state index contributed by atoms with van der Waals surface area (Å²) in [6.07, 6.45) is 7.33. The molecule has 1 N–H and O–H groups in total. The lowest BCUT2D eigenvalue weighted by atomic mass is 9.78. The molecule has 0 bridgehead atoms. The maximum Gasteiger partial charge on any atom is 0.227 e. The van der Waals surface area contributed by atoms with Gasteiger partial charge in [-0.2, -0.15) is 0 Å². The minimum Gasteiger partial charge on any atom is -0.316 e. The summed E-state index contributed by atoms with van der Waals surface area (Å²) >= 11 is 6.24. The van der Waals surface area contributed by atoms with E-state index in [0.717, 1.165) is 80.9 Å². The van der Waals surface area contributed by atoms with Crippen LogP contribution in [0.4, 0.5) is 5.69 Å². The van der Waals surface area contributed by atoms with Gasteiger partial charge in [0.25, 0.3) is 0 Å². The van der Waals surface area contributed by atoms with Gasteiger partial charge in [-0.05, 0) is 98.8 Å². The number of benzene rings is 2. The predicted molar refractivity (Wildman–Crippen MR) is 129 cm³/mol. The number of halogens is 1. The van der Waals surface area contributed by atoms with Crippen LogP contribution < -0.4 is 10.2 Å². The number of rotatable bonds is 7. The smallest absolute Gasteiger partial charge is 0.227 e. The lowest BCUT2D eigenvalue weighted by Gasteiger charge is -2.29. The first-order chi connectivity index (χ1) is 15.6. The number of hydrogen-bond donors (Lipinski definition) is 1. The van der Waals surface area contributed by atoms with Crippen LogP contribution in [-0.4, -0.2) is 31.3 Å². The summed E-state index contributed by atoms with van der Waals surface area (Å²) in [5, 5.41) is 4.43. The van der Waals surface area contributed by atoms with E-state index in [0.29, 0.717) is 18.1 Å². The molecular weight excluding hydrogens is 420 g/mol. The van der Waals surface area contributed by atoms with Crippen LogP contribution in [0.15, 0.2) is 36.4 Å². The fourth-order valence-corrected chi connectivity index (χ4v) is 5.93. The Kier molecular flexibility index (Phi) is 6.34. The first kappa shape index (κ1) is 21.7. The Balaban J connectivity index is 1.12. The highest BCUT2D eigenvalue weighted by molar-refractivity contribution is 6.31. The number of amides is 1. The Labute approximate surface area is 195 Å². The average molecular weight is 451 g/mol. The van der Waals surface area contributed by atoms with Crippen LogP contribution in [0.5, 0.6) is 0 Å². The number of anilines is 1. The summed E-state index contributed by atoms with van der Waals surface area (Å²) in [5.41, 5.74) is 5.55. The van der Waals surface area contributed by atoms with E-state index in [1.54, 1.807) is 0 Å². The van der Waals surface area contributed by atoms with E-state index in [1.807, 2.05) is 23.1 Å². The number of carbonyl (C=O) groups excluding carboxylic acids is 2. The lowest BCUT2D eigenvalue weighted by Crippen LogP contribution is -2.33. The molecule has 0 atom stereocenters. The molecule has 0 saturated heterocycles. The van der Waals surface area contributed by atoms with E-state index >= 15 is 0 Å². The predicted octanol–water partition coefficient (Wildman–Crippen LogP) is 5.00. The Morgan fingerprint density at radius 2 is 1.78 bits per heavy atom. The summed E-state index contributed by atoms with van der Waals surface area (Å²) in [7, 11) is 0. The van der Waals surface area contributed by atoms with Crippen molar-refractivity contribution >= 4 is 29.0 Å². The lowest BCUT2D eigenvalue weighted by molar-refractivity contribution is -0.118. The van der Waals surface area contributed by atoms with Gasteiger partial charge in [-0.15, -0.1) is 0 Å². The molecular formula is C27H31ClN2O2. The van der Waals surface area contributed by atoms with E-state index in [-0.39, 0.29) is 11.8 Å². The third-order valence-electron chi connectivity index (χ3n) is 7.52. The largest absolute Gasteiger partial charge is 0.316 e. The minimum atomic E-state index is 0.141. The van der Waals surface area contributed by atoms with Gasteiger partial charge in [-0.1, -0.05) is 29.8 Å². The molecule has 1 saturated carbocycles. The molecule has 168 valence electrons. The third-order valence-corrected chi connectivity index (χ3v) is 7.88. The van der Waals surface area contributed by atoms with E-state index in [1.165, 1.54) is 16.7 Å². The second-order valence-electron chi connectivity index (χ2n) is 9.57. The molecule has 2 aliphatic heterocycles. The average Bonchev–Trinajstić information content (AvgIpc) is 3.25. The zero-order chi connectivity index (χ0) is 22.1. The maximum absolute atomic E-state index is 13.3. The molecule has 1 amide bonds. The van der Waals surface area contributed by atoms with Gasteiger partial charge in [0.15, 0.2) is 5.78 Å². The Morgan fingerprint density at radius 3 is 2.56 bits per heavy atom. The number of Topliss-reactive ketones (excluding diaryl/α,β-unsaturated/α-hetero) is 1. The SMILES string of the molecule is O=C1CCc2cc(C(=O)[C@H]3CC[C@H](CNCCc4ccccc4Cl)CC3)cc3c2N1CC3. The van der Waals surface area contributed by atoms with E-state index < -0.39 is 0 Å². The molecule has 5 rings (SSSR count).